The molecule has 1 aliphatic carbocycles. The smallest absolute Gasteiger partial charge is 0.255 e. The van der Waals surface area contributed by atoms with Gasteiger partial charge in [0.15, 0.2) is 5.65 Å². The molecule has 2 aliphatic rings. The second-order valence-electron chi connectivity index (χ2n) is 8.04. The maximum absolute atomic E-state index is 12.6. The second-order valence-corrected chi connectivity index (χ2v) is 8.04. The summed E-state index contributed by atoms with van der Waals surface area (Å²) in [5.41, 5.74) is 2.74. The van der Waals surface area contributed by atoms with Gasteiger partial charge in [-0.05, 0) is 57.4 Å². The van der Waals surface area contributed by atoms with Gasteiger partial charge in [0.2, 0.25) is 5.91 Å². The monoisotopic (exact) mass is 381 g/mol. The first kappa shape index (κ1) is 18.7. The van der Waals surface area contributed by atoms with Crippen molar-refractivity contribution in [3.63, 3.8) is 0 Å². The summed E-state index contributed by atoms with van der Waals surface area (Å²) in [5, 5.41) is 3.07. The van der Waals surface area contributed by atoms with Crippen molar-refractivity contribution < 1.29 is 9.59 Å². The van der Waals surface area contributed by atoms with Crippen LogP contribution in [0.25, 0.3) is 11.2 Å². The Labute approximate surface area is 164 Å². The summed E-state index contributed by atoms with van der Waals surface area (Å²) < 4.78 is 0. The maximum Gasteiger partial charge on any atom is 0.255 e. The van der Waals surface area contributed by atoms with E-state index in [0.29, 0.717) is 28.7 Å². The van der Waals surface area contributed by atoms with Crippen molar-refractivity contribution in [3.05, 3.63) is 36.3 Å². The predicted octanol–water partition coefficient (Wildman–Crippen LogP) is 2.60. The Kier molecular flexibility index (Phi) is 5.15. The molecule has 4 rings (SSSR count). The molecule has 7 nitrogen and oxygen atoms in total. The van der Waals surface area contributed by atoms with Gasteiger partial charge in [-0.1, -0.05) is 6.58 Å². The average Bonchev–Trinajstić information content (AvgIpc) is 3.07. The number of hydrogen-bond donors (Lipinski definition) is 2. The second kappa shape index (κ2) is 7.73. The number of aromatic nitrogens is 3. The van der Waals surface area contributed by atoms with Crippen molar-refractivity contribution in [1.29, 1.82) is 0 Å². The van der Waals surface area contributed by atoms with Gasteiger partial charge in [0, 0.05) is 24.8 Å². The number of H-pyrrole nitrogens is 1. The molecule has 2 unspecified atom stereocenters. The third kappa shape index (κ3) is 3.66. The highest BCUT2D eigenvalue weighted by Crippen LogP contribution is 2.26. The van der Waals surface area contributed by atoms with Crippen molar-refractivity contribution in [2.75, 3.05) is 6.54 Å². The third-order valence-electron chi connectivity index (χ3n) is 6.06. The molecule has 2 N–H and O–H groups in total. The summed E-state index contributed by atoms with van der Waals surface area (Å²) in [6.45, 7) is 6.41. The summed E-state index contributed by atoms with van der Waals surface area (Å²) in [6, 6.07) is 0.482. The largest absolute Gasteiger partial charge is 0.349 e. The van der Waals surface area contributed by atoms with E-state index in [-0.39, 0.29) is 17.9 Å². The third-order valence-corrected chi connectivity index (χ3v) is 6.06. The zero-order valence-electron chi connectivity index (χ0n) is 16.3. The Hall–Kier alpha value is -2.70. The van der Waals surface area contributed by atoms with Crippen LogP contribution in [0, 0.1) is 5.92 Å². The first-order valence-corrected chi connectivity index (χ1v) is 10.1. The fourth-order valence-corrected chi connectivity index (χ4v) is 4.21. The lowest BCUT2D eigenvalue weighted by molar-refractivity contribution is -0.129. The fraction of sp³-hybridized carbons (Fsp3) is 0.524. The molecule has 1 saturated heterocycles. The van der Waals surface area contributed by atoms with E-state index in [2.05, 4.69) is 28.8 Å². The number of carbonyl (C=O) groups excluding carboxylic acids is 2. The van der Waals surface area contributed by atoms with E-state index >= 15 is 0 Å². The van der Waals surface area contributed by atoms with E-state index in [1.807, 2.05) is 4.90 Å². The molecule has 3 heterocycles. The molecule has 28 heavy (non-hydrogen) atoms. The number of likely N-dealkylation sites (tertiary alicyclic amines) is 1. The van der Waals surface area contributed by atoms with E-state index in [1.54, 1.807) is 12.4 Å². The summed E-state index contributed by atoms with van der Waals surface area (Å²) in [6.07, 6.45) is 10.8. The highest BCUT2D eigenvalue weighted by atomic mass is 16.2. The molecule has 1 aliphatic heterocycles. The highest BCUT2D eigenvalue weighted by Gasteiger charge is 2.28. The van der Waals surface area contributed by atoms with Crippen LogP contribution in [0.15, 0.2) is 25.0 Å². The van der Waals surface area contributed by atoms with E-state index in [4.69, 9.17) is 4.98 Å². The zero-order chi connectivity index (χ0) is 19.7. The van der Waals surface area contributed by atoms with Gasteiger partial charge in [-0.3, -0.25) is 9.59 Å². The number of hydrogen-bond acceptors (Lipinski definition) is 4. The molecule has 0 aromatic carbocycles. The van der Waals surface area contributed by atoms with E-state index in [1.165, 1.54) is 12.5 Å². The van der Waals surface area contributed by atoms with Crippen LogP contribution in [0.4, 0.5) is 0 Å². The van der Waals surface area contributed by atoms with Crippen molar-refractivity contribution in [2.45, 2.75) is 57.5 Å². The van der Waals surface area contributed by atoms with Crippen molar-refractivity contribution in [2.24, 2.45) is 5.92 Å². The normalized spacial score (nSPS) is 22.7. The molecule has 0 spiro atoms. The first-order valence-electron chi connectivity index (χ1n) is 10.1. The Morgan fingerprint density at radius 3 is 2.89 bits per heavy atom. The zero-order valence-corrected chi connectivity index (χ0v) is 16.3. The lowest BCUT2D eigenvalue weighted by Crippen LogP contribution is -2.44. The van der Waals surface area contributed by atoms with Gasteiger partial charge in [-0.15, -0.1) is 0 Å². The van der Waals surface area contributed by atoms with Crippen molar-refractivity contribution in [1.82, 2.24) is 25.2 Å². The minimum absolute atomic E-state index is 0.00148. The quantitative estimate of drug-likeness (QED) is 0.779. The number of aromatic amines is 1. The van der Waals surface area contributed by atoms with Crippen molar-refractivity contribution in [3.8, 4) is 0 Å². The molecular weight excluding hydrogens is 354 g/mol. The van der Waals surface area contributed by atoms with Gasteiger partial charge in [-0.2, -0.15) is 0 Å². The first-order chi connectivity index (χ1) is 13.5. The van der Waals surface area contributed by atoms with Gasteiger partial charge in [0.1, 0.15) is 5.52 Å². The number of rotatable bonds is 5. The van der Waals surface area contributed by atoms with Gasteiger partial charge in [-0.25, -0.2) is 9.97 Å². The van der Waals surface area contributed by atoms with Crippen LogP contribution < -0.4 is 5.32 Å². The van der Waals surface area contributed by atoms with Crippen molar-refractivity contribution >= 4 is 23.0 Å². The Morgan fingerprint density at radius 2 is 2.21 bits per heavy atom. The van der Waals surface area contributed by atoms with E-state index in [0.717, 1.165) is 44.3 Å². The fourth-order valence-electron chi connectivity index (χ4n) is 4.21. The Morgan fingerprint density at radius 1 is 1.39 bits per heavy atom. The molecule has 0 radical (unpaired) electrons. The highest BCUT2D eigenvalue weighted by molar-refractivity contribution is 6.04. The molecule has 2 amide bonds. The predicted molar refractivity (Wildman–Crippen MR) is 107 cm³/mol. The lowest BCUT2D eigenvalue weighted by atomic mass is 9.88. The minimum Gasteiger partial charge on any atom is -0.349 e. The van der Waals surface area contributed by atoms with Crippen LogP contribution in [0.1, 0.15) is 55.1 Å². The number of piperidine rings is 1. The van der Waals surface area contributed by atoms with Crippen LogP contribution in [0.5, 0.6) is 0 Å². The van der Waals surface area contributed by atoms with Gasteiger partial charge in [0.25, 0.3) is 5.91 Å². The summed E-state index contributed by atoms with van der Waals surface area (Å²) in [7, 11) is 0. The Balaban J connectivity index is 1.46. The molecule has 2 aromatic rings. The van der Waals surface area contributed by atoms with Crippen LogP contribution in [-0.2, 0) is 11.2 Å². The lowest BCUT2D eigenvalue weighted by Gasteiger charge is -2.37. The topological polar surface area (TPSA) is 91.0 Å². The van der Waals surface area contributed by atoms with Gasteiger partial charge < -0.3 is 15.2 Å². The number of nitrogens with zero attached hydrogens (tertiary/aromatic N) is 3. The Bertz CT molecular complexity index is 901. The SMILES string of the molecule is C=CC(=O)N1CCC(Cc2cnc3[nH]cc(C(=O)NC4CCC4)c3n2)CC1C. The molecule has 148 valence electrons. The van der Waals surface area contributed by atoms with Crippen LogP contribution in [0.3, 0.4) is 0 Å². The van der Waals surface area contributed by atoms with Gasteiger partial charge in [0.05, 0.1) is 17.5 Å². The number of amides is 2. The molecule has 1 saturated carbocycles. The minimum atomic E-state index is -0.0766. The van der Waals surface area contributed by atoms with Gasteiger partial charge >= 0.3 is 0 Å². The number of carbonyl (C=O) groups is 2. The maximum atomic E-state index is 12.6. The standard InChI is InChI=1S/C21H27N5O2/c1-3-18(27)26-8-7-14(9-13(26)2)10-16-11-22-20-19(24-16)17(12-23-20)21(28)25-15-5-4-6-15/h3,11-15H,1,4-10H2,2H3,(H,22,23)(H,25,28). The summed E-state index contributed by atoms with van der Waals surface area (Å²) >= 11 is 0. The van der Waals surface area contributed by atoms with E-state index in [9.17, 15) is 9.59 Å². The van der Waals surface area contributed by atoms with Crippen LogP contribution in [-0.4, -0.2) is 50.3 Å². The molecule has 0 bridgehead atoms. The van der Waals surface area contributed by atoms with Crippen LogP contribution in [0.2, 0.25) is 0 Å². The molecule has 2 aromatic heterocycles. The summed E-state index contributed by atoms with van der Waals surface area (Å²) in [4.78, 5) is 38.6. The molecule has 2 atom stereocenters. The molecule has 2 fully saturated rings. The number of fused-ring (bicyclic) bond motifs is 1. The van der Waals surface area contributed by atoms with E-state index < -0.39 is 0 Å². The molecular formula is C21H27N5O2. The molecule has 7 heteroatoms. The number of nitrogens with one attached hydrogen (secondary N) is 2. The summed E-state index contributed by atoms with van der Waals surface area (Å²) in [5.74, 6) is 0.371. The average molecular weight is 381 g/mol. The van der Waals surface area contributed by atoms with Crippen LogP contribution >= 0.6 is 0 Å².